The Hall–Kier alpha value is -1.73. The van der Waals surface area contributed by atoms with Crippen LogP contribution in [0.5, 0.6) is 0 Å². The third-order valence-electron chi connectivity index (χ3n) is 2.63. The Morgan fingerprint density at radius 3 is 2.80 bits per heavy atom. The maximum Gasteiger partial charge on any atom is 0.238 e. The summed E-state index contributed by atoms with van der Waals surface area (Å²) in [5.74, 6) is -0.0481. The average molecular weight is 338 g/mol. The van der Waals surface area contributed by atoms with Gasteiger partial charge in [-0.15, -0.1) is 5.10 Å². The topological polar surface area (TPSA) is 71.8 Å². The number of nitrogens with zero attached hydrogens (tertiary/aromatic N) is 3. The molecule has 0 atom stereocenters. The van der Waals surface area contributed by atoms with E-state index in [-0.39, 0.29) is 5.91 Å². The second-order valence-corrected chi connectivity index (χ2v) is 5.17. The molecule has 106 valence electrons. The van der Waals surface area contributed by atoms with Gasteiger partial charge in [0.2, 0.25) is 5.91 Å². The fourth-order valence-electron chi connectivity index (χ4n) is 1.66. The third-order valence-corrected chi connectivity index (χ3v) is 3.15. The van der Waals surface area contributed by atoms with Crippen LogP contribution < -0.4 is 10.6 Å². The van der Waals surface area contributed by atoms with Crippen LogP contribution >= 0.6 is 15.9 Å². The highest BCUT2D eigenvalue weighted by Gasteiger charge is 2.01. The van der Waals surface area contributed by atoms with Gasteiger partial charge in [0.05, 0.1) is 12.7 Å². The standard InChI is InChI=1S/C13H16BrN5O/c14-11-2-4-12(5-3-11)17-13(20)10-15-6-1-8-19-9-7-16-18-19/h2-5,7,9,15H,1,6,8,10H2,(H,17,20). The Bertz CT molecular complexity index is 526. The van der Waals surface area contributed by atoms with E-state index < -0.39 is 0 Å². The van der Waals surface area contributed by atoms with Crippen molar-refractivity contribution in [3.63, 3.8) is 0 Å². The summed E-state index contributed by atoms with van der Waals surface area (Å²) >= 11 is 3.35. The van der Waals surface area contributed by atoms with Crippen LogP contribution in [0.25, 0.3) is 0 Å². The van der Waals surface area contributed by atoms with Gasteiger partial charge in [-0.3, -0.25) is 9.48 Å². The number of anilines is 1. The molecule has 0 radical (unpaired) electrons. The molecule has 2 aromatic rings. The lowest BCUT2D eigenvalue weighted by Gasteiger charge is -2.07. The minimum Gasteiger partial charge on any atom is -0.325 e. The van der Waals surface area contributed by atoms with E-state index in [2.05, 4.69) is 36.9 Å². The van der Waals surface area contributed by atoms with Crippen molar-refractivity contribution in [3.05, 3.63) is 41.1 Å². The molecule has 1 amide bonds. The SMILES string of the molecule is O=C(CNCCCn1ccnn1)Nc1ccc(Br)cc1. The summed E-state index contributed by atoms with van der Waals surface area (Å²) in [6, 6.07) is 7.49. The first-order valence-electron chi connectivity index (χ1n) is 6.34. The highest BCUT2D eigenvalue weighted by Crippen LogP contribution is 2.13. The molecular formula is C13H16BrN5O. The minimum atomic E-state index is -0.0481. The lowest BCUT2D eigenvalue weighted by Crippen LogP contribution is -2.29. The van der Waals surface area contributed by atoms with Crippen LogP contribution in [0.4, 0.5) is 5.69 Å². The number of aromatic nitrogens is 3. The fraction of sp³-hybridized carbons (Fsp3) is 0.308. The van der Waals surface area contributed by atoms with E-state index in [9.17, 15) is 4.79 Å². The number of hydrogen-bond acceptors (Lipinski definition) is 4. The van der Waals surface area contributed by atoms with Crippen LogP contribution in [0.1, 0.15) is 6.42 Å². The molecule has 1 aromatic carbocycles. The predicted molar refractivity (Wildman–Crippen MR) is 80.3 cm³/mol. The van der Waals surface area contributed by atoms with Crippen molar-refractivity contribution >= 4 is 27.5 Å². The maximum atomic E-state index is 11.7. The zero-order valence-corrected chi connectivity index (χ0v) is 12.5. The highest BCUT2D eigenvalue weighted by molar-refractivity contribution is 9.10. The van der Waals surface area contributed by atoms with Crippen molar-refractivity contribution in [1.29, 1.82) is 0 Å². The van der Waals surface area contributed by atoms with Crippen LogP contribution in [0.3, 0.4) is 0 Å². The van der Waals surface area contributed by atoms with E-state index in [0.29, 0.717) is 6.54 Å². The van der Waals surface area contributed by atoms with Gasteiger partial charge < -0.3 is 10.6 Å². The van der Waals surface area contributed by atoms with Crippen LogP contribution in [-0.4, -0.2) is 34.0 Å². The molecule has 20 heavy (non-hydrogen) atoms. The first-order chi connectivity index (χ1) is 9.74. The van der Waals surface area contributed by atoms with Gasteiger partial charge in [-0.25, -0.2) is 0 Å². The van der Waals surface area contributed by atoms with Crippen LogP contribution in [0.2, 0.25) is 0 Å². The summed E-state index contributed by atoms with van der Waals surface area (Å²) in [6.45, 7) is 1.85. The molecule has 1 heterocycles. The van der Waals surface area contributed by atoms with E-state index >= 15 is 0 Å². The lowest BCUT2D eigenvalue weighted by molar-refractivity contribution is -0.115. The number of hydrogen-bond donors (Lipinski definition) is 2. The fourth-order valence-corrected chi connectivity index (χ4v) is 1.92. The summed E-state index contributed by atoms with van der Waals surface area (Å²) < 4.78 is 2.76. The van der Waals surface area contributed by atoms with Crippen LogP contribution in [0.15, 0.2) is 41.1 Å². The van der Waals surface area contributed by atoms with Crippen molar-refractivity contribution in [2.75, 3.05) is 18.4 Å². The summed E-state index contributed by atoms with van der Waals surface area (Å²) in [7, 11) is 0. The molecule has 6 nitrogen and oxygen atoms in total. The van der Waals surface area contributed by atoms with Gasteiger partial charge in [-0.2, -0.15) is 0 Å². The first kappa shape index (κ1) is 14.7. The monoisotopic (exact) mass is 337 g/mol. The Kier molecular flexibility index (Phi) is 5.69. The molecule has 0 saturated carbocycles. The molecule has 0 aliphatic carbocycles. The Morgan fingerprint density at radius 2 is 2.10 bits per heavy atom. The normalized spacial score (nSPS) is 10.4. The lowest BCUT2D eigenvalue weighted by atomic mass is 10.3. The molecular weight excluding hydrogens is 322 g/mol. The molecule has 2 N–H and O–H groups in total. The van der Waals surface area contributed by atoms with E-state index in [1.165, 1.54) is 0 Å². The first-order valence-corrected chi connectivity index (χ1v) is 7.13. The highest BCUT2D eigenvalue weighted by atomic mass is 79.9. The quantitative estimate of drug-likeness (QED) is 0.753. The van der Waals surface area contributed by atoms with Gasteiger partial charge in [-0.05, 0) is 37.2 Å². The van der Waals surface area contributed by atoms with Crippen molar-refractivity contribution in [1.82, 2.24) is 20.3 Å². The van der Waals surface area contributed by atoms with Crippen molar-refractivity contribution in [2.45, 2.75) is 13.0 Å². The molecule has 0 aliphatic rings. The van der Waals surface area contributed by atoms with Crippen LogP contribution in [0, 0.1) is 0 Å². The molecule has 0 bridgehead atoms. The number of rotatable bonds is 7. The molecule has 1 aromatic heterocycles. The van der Waals surface area contributed by atoms with E-state index in [4.69, 9.17) is 0 Å². The van der Waals surface area contributed by atoms with Gasteiger partial charge in [0.25, 0.3) is 0 Å². The minimum absolute atomic E-state index is 0.0481. The van der Waals surface area contributed by atoms with Gasteiger partial charge in [-0.1, -0.05) is 21.1 Å². The van der Waals surface area contributed by atoms with Crippen molar-refractivity contribution in [3.8, 4) is 0 Å². The van der Waals surface area contributed by atoms with Gasteiger partial charge in [0, 0.05) is 22.9 Å². The van der Waals surface area contributed by atoms with Gasteiger partial charge >= 0.3 is 0 Å². The third kappa shape index (κ3) is 5.10. The number of amides is 1. The second-order valence-electron chi connectivity index (χ2n) is 4.25. The van der Waals surface area contributed by atoms with E-state index in [1.54, 1.807) is 10.9 Å². The molecule has 2 rings (SSSR count). The zero-order valence-electron chi connectivity index (χ0n) is 10.9. The van der Waals surface area contributed by atoms with E-state index in [0.717, 1.165) is 29.7 Å². The maximum absolute atomic E-state index is 11.7. The summed E-state index contributed by atoms with van der Waals surface area (Å²) in [5.41, 5.74) is 0.794. The van der Waals surface area contributed by atoms with E-state index in [1.807, 2.05) is 30.5 Å². The molecule has 0 aliphatic heterocycles. The Balaban J connectivity index is 1.59. The molecule has 0 unspecified atom stereocenters. The molecule has 0 spiro atoms. The number of carbonyl (C=O) groups excluding carboxylic acids is 1. The Labute approximate surface area is 125 Å². The zero-order chi connectivity index (χ0) is 14.2. The Morgan fingerprint density at radius 1 is 1.30 bits per heavy atom. The van der Waals surface area contributed by atoms with Gasteiger partial charge in [0.15, 0.2) is 0 Å². The molecule has 0 fully saturated rings. The number of carbonyl (C=O) groups is 1. The molecule has 0 saturated heterocycles. The molecule has 7 heteroatoms. The second kappa shape index (κ2) is 7.76. The summed E-state index contributed by atoms with van der Waals surface area (Å²) in [5, 5.41) is 13.5. The summed E-state index contributed by atoms with van der Waals surface area (Å²) in [6.07, 6.45) is 4.37. The predicted octanol–water partition coefficient (Wildman–Crippen LogP) is 1.66. The van der Waals surface area contributed by atoms with Crippen molar-refractivity contribution < 1.29 is 4.79 Å². The van der Waals surface area contributed by atoms with Crippen LogP contribution in [-0.2, 0) is 11.3 Å². The number of aryl methyl sites for hydroxylation is 1. The van der Waals surface area contributed by atoms with Gasteiger partial charge in [0.1, 0.15) is 0 Å². The largest absolute Gasteiger partial charge is 0.325 e. The van der Waals surface area contributed by atoms with Crippen molar-refractivity contribution in [2.24, 2.45) is 0 Å². The average Bonchev–Trinajstić information content (AvgIpc) is 2.94. The number of nitrogens with one attached hydrogen (secondary N) is 2. The summed E-state index contributed by atoms with van der Waals surface area (Å²) in [4.78, 5) is 11.7. The smallest absolute Gasteiger partial charge is 0.238 e. The number of benzene rings is 1. The number of halogens is 1.